The van der Waals surface area contributed by atoms with Crippen molar-refractivity contribution >= 4 is 46.2 Å². The van der Waals surface area contributed by atoms with Crippen LogP contribution in [0.3, 0.4) is 0 Å². The summed E-state index contributed by atoms with van der Waals surface area (Å²) in [6, 6.07) is 16.6. The molecule has 2 aromatic rings. The van der Waals surface area contributed by atoms with Crippen LogP contribution in [0.4, 0.5) is 11.4 Å². The molecule has 4 rings (SSSR count). The highest BCUT2D eigenvalue weighted by Crippen LogP contribution is 2.25. The minimum Gasteiger partial charge on any atom is -0.320 e. The summed E-state index contributed by atoms with van der Waals surface area (Å²) in [5.41, 5.74) is 2.35. The summed E-state index contributed by atoms with van der Waals surface area (Å²) in [6.07, 6.45) is 0. The van der Waals surface area contributed by atoms with Crippen molar-refractivity contribution in [1.29, 1.82) is 0 Å². The third-order valence-electron chi connectivity index (χ3n) is 3.86. The molecule has 1 fully saturated rings. The van der Waals surface area contributed by atoms with Crippen LogP contribution in [0, 0.1) is 0 Å². The molecule has 0 aliphatic carbocycles. The van der Waals surface area contributed by atoms with Crippen molar-refractivity contribution < 1.29 is 9.59 Å². The van der Waals surface area contributed by atoms with Gasteiger partial charge in [-0.25, -0.2) is 0 Å². The van der Waals surface area contributed by atoms with Crippen LogP contribution in [0.1, 0.15) is 5.56 Å². The maximum atomic E-state index is 12.3. The molecule has 0 aromatic heterocycles. The number of anilines is 2. The van der Waals surface area contributed by atoms with E-state index in [1.807, 2.05) is 42.5 Å². The molecule has 1 N–H and O–H groups in total. The van der Waals surface area contributed by atoms with Gasteiger partial charge in [-0.3, -0.25) is 9.59 Å². The topological polar surface area (TPSA) is 65.0 Å². The van der Waals surface area contributed by atoms with Crippen molar-refractivity contribution in [1.82, 2.24) is 5.01 Å². The van der Waals surface area contributed by atoms with Crippen molar-refractivity contribution in [3.8, 4) is 0 Å². The average molecular weight is 336 g/mol. The molecule has 0 radical (unpaired) electrons. The molecule has 6 nitrogen and oxygen atoms in total. The Bertz CT molecular complexity index is 894. The number of hydrogen-bond donors (Lipinski definition) is 1. The Labute approximate surface area is 143 Å². The molecule has 0 bridgehead atoms. The van der Waals surface area contributed by atoms with E-state index >= 15 is 0 Å². The Morgan fingerprint density at radius 1 is 1.00 bits per heavy atom. The number of thiocarbonyl (C=S) groups is 1. The molecule has 0 atom stereocenters. The Balaban J connectivity index is 1.69. The zero-order valence-corrected chi connectivity index (χ0v) is 13.3. The second-order valence-corrected chi connectivity index (χ2v) is 5.72. The number of rotatable bonds is 2. The first-order valence-electron chi connectivity index (χ1n) is 7.34. The number of fused-ring (bicyclic) bond motifs is 1. The predicted molar refractivity (Wildman–Crippen MR) is 94.8 cm³/mol. The Hall–Kier alpha value is -3.06. The maximum absolute atomic E-state index is 12.3. The monoisotopic (exact) mass is 336 g/mol. The van der Waals surface area contributed by atoms with E-state index in [2.05, 4.69) is 10.4 Å². The van der Waals surface area contributed by atoms with Gasteiger partial charge in [0.2, 0.25) is 5.11 Å². The highest BCUT2D eigenvalue weighted by molar-refractivity contribution is 7.80. The van der Waals surface area contributed by atoms with Gasteiger partial charge in [-0.1, -0.05) is 36.4 Å². The molecule has 118 valence electrons. The lowest BCUT2D eigenvalue weighted by molar-refractivity contribution is -0.124. The van der Waals surface area contributed by atoms with Gasteiger partial charge in [0.05, 0.1) is 5.69 Å². The van der Waals surface area contributed by atoms with Gasteiger partial charge in [-0.15, -0.1) is 0 Å². The van der Waals surface area contributed by atoms with E-state index in [4.69, 9.17) is 12.2 Å². The van der Waals surface area contributed by atoms with Gasteiger partial charge in [0.25, 0.3) is 11.8 Å². The van der Waals surface area contributed by atoms with Crippen molar-refractivity contribution in [2.24, 2.45) is 5.10 Å². The van der Waals surface area contributed by atoms with Crippen LogP contribution in [0.2, 0.25) is 0 Å². The van der Waals surface area contributed by atoms with Crippen molar-refractivity contribution in [3.05, 3.63) is 60.2 Å². The van der Waals surface area contributed by atoms with Crippen molar-refractivity contribution in [2.45, 2.75) is 0 Å². The lowest BCUT2D eigenvalue weighted by Crippen LogP contribution is -2.31. The lowest BCUT2D eigenvalue weighted by atomic mass is 10.1. The summed E-state index contributed by atoms with van der Waals surface area (Å²) in [6.45, 7) is 0.100. The molecule has 0 unspecified atom stereocenters. The van der Waals surface area contributed by atoms with Crippen molar-refractivity contribution in [2.75, 3.05) is 16.8 Å². The predicted octanol–water partition coefficient (Wildman–Crippen LogP) is 1.98. The number of amides is 2. The first-order valence-corrected chi connectivity index (χ1v) is 7.75. The summed E-state index contributed by atoms with van der Waals surface area (Å²) in [7, 11) is 0. The Kier molecular flexibility index (Phi) is 3.35. The van der Waals surface area contributed by atoms with E-state index in [1.165, 1.54) is 0 Å². The first kappa shape index (κ1) is 14.5. The number of carbonyl (C=O) groups is 2. The largest absolute Gasteiger partial charge is 0.320 e. The van der Waals surface area contributed by atoms with E-state index in [0.717, 1.165) is 10.7 Å². The normalized spacial score (nSPS) is 18.3. The molecule has 2 aliphatic rings. The van der Waals surface area contributed by atoms with E-state index in [1.54, 1.807) is 17.0 Å². The SMILES string of the molecule is O=C1Nc2ccccc2/C1=N/N1C(=O)CN(c2ccccc2)C1=S. The lowest BCUT2D eigenvalue weighted by Gasteiger charge is -2.17. The minimum atomic E-state index is -0.343. The third kappa shape index (κ3) is 2.26. The zero-order valence-electron chi connectivity index (χ0n) is 12.5. The zero-order chi connectivity index (χ0) is 16.7. The fourth-order valence-corrected chi connectivity index (χ4v) is 3.01. The Morgan fingerprint density at radius 2 is 1.71 bits per heavy atom. The van der Waals surface area contributed by atoms with Gasteiger partial charge < -0.3 is 10.2 Å². The molecular formula is C17H12N4O2S. The third-order valence-corrected chi connectivity index (χ3v) is 4.25. The van der Waals surface area contributed by atoms with Gasteiger partial charge in [0.15, 0.2) is 5.71 Å². The number of carbonyl (C=O) groups excluding carboxylic acids is 2. The molecule has 7 heteroatoms. The van der Waals surface area contributed by atoms with E-state index in [0.29, 0.717) is 11.3 Å². The van der Waals surface area contributed by atoms with E-state index in [9.17, 15) is 9.59 Å². The second-order valence-electron chi connectivity index (χ2n) is 5.36. The van der Waals surface area contributed by atoms with Gasteiger partial charge in [0.1, 0.15) is 6.54 Å². The second kappa shape index (κ2) is 5.54. The van der Waals surface area contributed by atoms with Crippen LogP contribution in [0.15, 0.2) is 59.7 Å². The number of para-hydroxylation sites is 2. The van der Waals surface area contributed by atoms with Gasteiger partial charge in [-0.2, -0.15) is 10.1 Å². The van der Waals surface area contributed by atoms with Crippen LogP contribution in [0.5, 0.6) is 0 Å². The molecule has 24 heavy (non-hydrogen) atoms. The van der Waals surface area contributed by atoms with Crippen LogP contribution in [0.25, 0.3) is 0 Å². The number of hydrazone groups is 1. The summed E-state index contributed by atoms with van der Waals surface area (Å²) in [5, 5.41) is 8.35. The van der Waals surface area contributed by atoms with Crippen molar-refractivity contribution in [3.63, 3.8) is 0 Å². The van der Waals surface area contributed by atoms with Crippen LogP contribution in [-0.2, 0) is 9.59 Å². The summed E-state index contributed by atoms with van der Waals surface area (Å²) < 4.78 is 0. The number of nitrogens with zero attached hydrogens (tertiary/aromatic N) is 3. The summed E-state index contributed by atoms with van der Waals surface area (Å²) in [5.74, 6) is -0.613. The Morgan fingerprint density at radius 3 is 2.50 bits per heavy atom. The van der Waals surface area contributed by atoms with Crippen LogP contribution >= 0.6 is 12.2 Å². The highest BCUT2D eigenvalue weighted by Gasteiger charge is 2.36. The first-order chi connectivity index (χ1) is 11.6. The molecule has 2 heterocycles. The molecular weight excluding hydrogens is 324 g/mol. The molecule has 1 saturated heterocycles. The molecule has 2 aromatic carbocycles. The molecule has 2 amide bonds. The molecule has 0 spiro atoms. The van der Waals surface area contributed by atoms with Gasteiger partial charge in [-0.05, 0) is 30.4 Å². The van der Waals surface area contributed by atoms with E-state index < -0.39 is 0 Å². The molecule has 2 aliphatic heterocycles. The number of benzene rings is 2. The quantitative estimate of drug-likeness (QED) is 0.852. The molecule has 0 saturated carbocycles. The standard InChI is InChI=1S/C17H12N4O2S/c22-14-10-20(11-6-2-1-3-7-11)17(24)21(14)19-15-12-8-4-5-9-13(12)18-16(15)23/h1-9H,10H2,(H,18,19,23). The fourth-order valence-electron chi connectivity index (χ4n) is 2.70. The van der Waals surface area contributed by atoms with Crippen LogP contribution in [-0.4, -0.2) is 34.2 Å². The summed E-state index contributed by atoms with van der Waals surface area (Å²) >= 11 is 5.39. The maximum Gasteiger partial charge on any atom is 0.276 e. The summed E-state index contributed by atoms with van der Waals surface area (Å²) in [4.78, 5) is 26.2. The van der Waals surface area contributed by atoms with E-state index in [-0.39, 0.29) is 29.2 Å². The minimum absolute atomic E-state index is 0.100. The van der Waals surface area contributed by atoms with Gasteiger partial charge >= 0.3 is 0 Å². The highest BCUT2D eigenvalue weighted by atomic mass is 32.1. The fraction of sp³-hybridized carbons (Fsp3) is 0.0588. The average Bonchev–Trinajstić information content (AvgIpc) is 3.07. The van der Waals surface area contributed by atoms with Gasteiger partial charge in [0, 0.05) is 11.3 Å². The number of hydrogen-bond acceptors (Lipinski definition) is 4. The smallest absolute Gasteiger partial charge is 0.276 e. The number of nitrogens with one attached hydrogen (secondary N) is 1. The van der Waals surface area contributed by atoms with Crippen LogP contribution < -0.4 is 10.2 Å².